The number of aromatic nitrogens is 4. The predicted molar refractivity (Wildman–Crippen MR) is 67.4 cm³/mol. The molecule has 3 heterocycles. The van der Waals surface area contributed by atoms with Crippen LogP contribution in [-0.4, -0.2) is 49.9 Å². The maximum Gasteiger partial charge on any atom is 0.274 e. The number of anilines is 1. The first kappa shape index (κ1) is 11.5. The summed E-state index contributed by atoms with van der Waals surface area (Å²) in [7, 11) is 0. The minimum atomic E-state index is -0.0971. The van der Waals surface area contributed by atoms with Crippen LogP contribution in [0.1, 0.15) is 10.5 Å². The van der Waals surface area contributed by atoms with Gasteiger partial charge in [-0.3, -0.25) is 9.78 Å². The van der Waals surface area contributed by atoms with Crippen LogP contribution in [0.5, 0.6) is 0 Å². The number of amides is 1. The fourth-order valence-electron chi connectivity index (χ4n) is 1.86. The van der Waals surface area contributed by atoms with Gasteiger partial charge in [0.15, 0.2) is 0 Å². The van der Waals surface area contributed by atoms with Crippen molar-refractivity contribution in [1.82, 2.24) is 24.8 Å². The number of hydrogen-bond donors (Lipinski definition) is 1. The van der Waals surface area contributed by atoms with Crippen molar-refractivity contribution in [2.24, 2.45) is 0 Å². The fourth-order valence-corrected chi connectivity index (χ4v) is 1.86. The average Bonchev–Trinajstić information content (AvgIpc) is 2.44. The summed E-state index contributed by atoms with van der Waals surface area (Å²) >= 11 is 0. The van der Waals surface area contributed by atoms with E-state index in [-0.39, 0.29) is 11.9 Å². The maximum atomic E-state index is 12.0. The number of rotatable bonds is 3. The molecule has 1 N–H and O–H groups in total. The Morgan fingerprint density at radius 1 is 1.16 bits per heavy atom. The Labute approximate surface area is 109 Å². The summed E-state index contributed by atoms with van der Waals surface area (Å²) in [6.07, 6.45) is 7.89. The highest BCUT2D eigenvalue weighted by atomic mass is 16.2. The van der Waals surface area contributed by atoms with Crippen LogP contribution in [-0.2, 0) is 0 Å². The van der Waals surface area contributed by atoms with Crippen LogP contribution in [0.15, 0.2) is 37.1 Å². The van der Waals surface area contributed by atoms with E-state index in [1.807, 2.05) is 0 Å². The van der Waals surface area contributed by atoms with Crippen LogP contribution in [0, 0.1) is 0 Å². The highest BCUT2D eigenvalue weighted by Crippen LogP contribution is 2.14. The van der Waals surface area contributed by atoms with Gasteiger partial charge >= 0.3 is 0 Å². The molecule has 7 nitrogen and oxygen atoms in total. The fraction of sp³-hybridized carbons (Fsp3) is 0.250. The summed E-state index contributed by atoms with van der Waals surface area (Å²) in [5.74, 6) is 0.485. The van der Waals surface area contributed by atoms with Crippen molar-refractivity contribution in [3.63, 3.8) is 0 Å². The molecule has 1 saturated heterocycles. The molecular weight excluding hydrogens is 244 g/mol. The third kappa shape index (κ3) is 2.49. The summed E-state index contributed by atoms with van der Waals surface area (Å²) < 4.78 is 0. The van der Waals surface area contributed by atoms with Crippen molar-refractivity contribution in [3.8, 4) is 0 Å². The van der Waals surface area contributed by atoms with E-state index in [4.69, 9.17) is 0 Å². The van der Waals surface area contributed by atoms with Gasteiger partial charge in [-0.2, -0.15) is 0 Å². The van der Waals surface area contributed by atoms with E-state index in [1.54, 1.807) is 29.6 Å². The zero-order valence-electron chi connectivity index (χ0n) is 10.1. The van der Waals surface area contributed by atoms with Gasteiger partial charge in [0.25, 0.3) is 5.91 Å². The van der Waals surface area contributed by atoms with Gasteiger partial charge in [-0.1, -0.05) is 0 Å². The van der Waals surface area contributed by atoms with E-state index in [0.717, 1.165) is 0 Å². The SMILES string of the molecule is O=C(c1cnccn1)N1CC(Nc2ncccn2)C1. The van der Waals surface area contributed by atoms with Gasteiger partial charge in [0, 0.05) is 37.9 Å². The number of hydrogen-bond acceptors (Lipinski definition) is 6. The average molecular weight is 256 g/mol. The van der Waals surface area contributed by atoms with E-state index in [1.165, 1.54) is 12.4 Å². The second-order valence-corrected chi connectivity index (χ2v) is 4.21. The molecule has 0 unspecified atom stereocenters. The summed E-state index contributed by atoms with van der Waals surface area (Å²) in [5, 5.41) is 3.16. The molecule has 3 rings (SSSR count). The molecule has 96 valence electrons. The maximum absolute atomic E-state index is 12.0. The van der Waals surface area contributed by atoms with Crippen molar-refractivity contribution in [3.05, 3.63) is 42.7 Å². The first-order valence-corrected chi connectivity index (χ1v) is 5.92. The molecule has 0 radical (unpaired) electrons. The molecule has 1 fully saturated rings. The van der Waals surface area contributed by atoms with E-state index < -0.39 is 0 Å². The smallest absolute Gasteiger partial charge is 0.274 e. The Bertz CT molecular complexity index is 555. The van der Waals surface area contributed by atoms with Crippen molar-refractivity contribution in [2.75, 3.05) is 18.4 Å². The molecular formula is C12H12N6O. The summed E-state index contributed by atoms with van der Waals surface area (Å²) in [5.41, 5.74) is 0.372. The standard InChI is InChI=1S/C12H12N6O/c19-11(10-6-13-4-5-14-10)18-7-9(8-18)17-12-15-2-1-3-16-12/h1-6,9H,7-8H2,(H,15,16,17). The zero-order valence-corrected chi connectivity index (χ0v) is 10.1. The normalized spacial score (nSPS) is 14.8. The van der Waals surface area contributed by atoms with Gasteiger partial charge in [-0.15, -0.1) is 0 Å². The Kier molecular flexibility index (Phi) is 3.01. The first-order chi connectivity index (χ1) is 9.33. The van der Waals surface area contributed by atoms with Crippen molar-refractivity contribution in [2.45, 2.75) is 6.04 Å². The number of likely N-dealkylation sites (tertiary alicyclic amines) is 1. The highest BCUT2D eigenvalue weighted by Gasteiger charge is 2.32. The number of nitrogens with one attached hydrogen (secondary N) is 1. The predicted octanol–water partition coefficient (Wildman–Crippen LogP) is 0.203. The minimum absolute atomic E-state index is 0.0971. The molecule has 0 atom stereocenters. The van der Waals surface area contributed by atoms with Gasteiger partial charge < -0.3 is 10.2 Å². The number of carbonyl (C=O) groups is 1. The van der Waals surface area contributed by atoms with Crippen LogP contribution in [0.25, 0.3) is 0 Å². The molecule has 7 heteroatoms. The van der Waals surface area contributed by atoms with Crippen LogP contribution in [0.4, 0.5) is 5.95 Å². The number of nitrogens with zero attached hydrogens (tertiary/aromatic N) is 5. The summed E-state index contributed by atoms with van der Waals surface area (Å²) in [6.45, 7) is 1.24. The third-order valence-corrected chi connectivity index (χ3v) is 2.85. The quantitative estimate of drug-likeness (QED) is 0.844. The summed E-state index contributed by atoms with van der Waals surface area (Å²) in [4.78, 5) is 29.7. The molecule has 0 bridgehead atoms. The lowest BCUT2D eigenvalue weighted by atomic mass is 10.1. The van der Waals surface area contributed by atoms with Crippen molar-refractivity contribution in [1.29, 1.82) is 0 Å². The Morgan fingerprint density at radius 2 is 1.95 bits per heavy atom. The number of carbonyl (C=O) groups excluding carboxylic acids is 1. The lowest BCUT2D eigenvalue weighted by molar-refractivity contribution is 0.0618. The van der Waals surface area contributed by atoms with Crippen LogP contribution < -0.4 is 5.32 Å². The summed E-state index contributed by atoms with van der Waals surface area (Å²) in [6, 6.07) is 1.94. The van der Waals surface area contributed by atoms with Crippen molar-refractivity contribution < 1.29 is 4.79 Å². The second kappa shape index (κ2) is 4.97. The van der Waals surface area contributed by atoms with Crippen LogP contribution >= 0.6 is 0 Å². The highest BCUT2D eigenvalue weighted by molar-refractivity contribution is 5.92. The van der Waals surface area contributed by atoms with E-state index >= 15 is 0 Å². The van der Waals surface area contributed by atoms with Gasteiger partial charge in [-0.25, -0.2) is 15.0 Å². The Hall–Kier alpha value is -2.57. The van der Waals surface area contributed by atoms with E-state index in [2.05, 4.69) is 25.3 Å². The molecule has 0 spiro atoms. The molecule has 2 aromatic rings. The molecule has 1 aliphatic rings. The lowest BCUT2D eigenvalue weighted by Gasteiger charge is -2.39. The van der Waals surface area contributed by atoms with Gasteiger partial charge in [-0.05, 0) is 6.07 Å². The largest absolute Gasteiger partial charge is 0.348 e. The zero-order chi connectivity index (χ0) is 13.1. The molecule has 2 aromatic heterocycles. The molecule has 19 heavy (non-hydrogen) atoms. The second-order valence-electron chi connectivity index (χ2n) is 4.21. The van der Waals surface area contributed by atoms with Crippen molar-refractivity contribution >= 4 is 11.9 Å². The van der Waals surface area contributed by atoms with E-state index in [9.17, 15) is 4.79 Å². The first-order valence-electron chi connectivity index (χ1n) is 5.92. The Balaban J connectivity index is 1.54. The van der Waals surface area contributed by atoms with E-state index in [0.29, 0.717) is 24.7 Å². The monoisotopic (exact) mass is 256 g/mol. The third-order valence-electron chi connectivity index (χ3n) is 2.85. The molecule has 0 aliphatic carbocycles. The Morgan fingerprint density at radius 3 is 2.63 bits per heavy atom. The molecule has 1 aliphatic heterocycles. The van der Waals surface area contributed by atoms with Gasteiger partial charge in [0.05, 0.1) is 12.2 Å². The van der Waals surface area contributed by atoms with Gasteiger partial charge in [0.2, 0.25) is 5.95 Å². The topological polar surface area (TPSA) is 83.9 Å². The minimum Gasteiger partial charge on any atom is -0.348 e. The molecule has 0 aromatic carbocycles. The lowest BCUT2D eigenvalue weighted by Crippen LogP contribution is -2.57. The van der Waals surface area contributed by atoms with Crippen LogP contribution in [0.2, 0.25) is 0 Å². The molecule has 0 saturated carbocycles. The molecule has 1 amide bonds. The van der Waals surface area contributed by atoms with Gasteiger partial charge in [0.1, 0.15) is 5.69 Å². The van der Waals surface area contributed by atoms with Crippen LogP contribution in [0.3, 0.4) is 0 Å².